The molecule has 0 unspecified atom stereocenters. The summed E-state index contributed by atoms with van der Waals surface area (Å²) in [5.74, 6) is 0. The van der Waals surface area contributed by atoms with Crippen LogP contribution in [0.25, 0.3) is 93.5 Å². The molecule has 0 radical (unpaired) electrons. The third kappa shape index (κ3) is 6.35. The predicted molar refractivity (Wildman–Crippen MR) is 272 cm³/mol. The molecule has 2 heteroatoms. The van der Waals surface area contributed by atoms with Gasteiger partial charge in [-0.1, -0.05) is 194 Å². The maximum absolute atomic E-state index is 2.44. The van der Waals surface area contributed by atoms with Gasteiger partial charge in [0.05, 0.1) is 16.7 Å². The topological polar surface area (TPSA) is 8.17 Å². The summed E-state index contributed by atoms with van der Waals surface area (Å²) in [6, 6.07) is 92.6. The second kappa shape index (κ2) is 15.8. The zero-order valence-electron chi connectivity index (χ0n) is 35.1. The first kappa shape index (κ1) is 37.3. The molecule has 1 heterocycles. The number of rotatable bonds is 8. The first-order valence-corrected chi connectivity index (χ1v) is 22.0. The Hall–Kier alpha value is -8.46. The van der Waals surface area contributed by atoms with Crippen molar-refractivity contribution < 1.29 is 0 Å². The van der Waals surface area contributed by atoms with Crippen LogP contribution >= 0.6 is 0 Å². The molecule has 0 amide bonds. The normalized spacial score (nSPS) is 11.4. The van der Waals surface area contributed by atoms with E-state index in [0.717, 1.165) is 28.3 Å². The van der Waals surface area contributed by atoms with Crippen LogP contribution < -0.4 is 4.90 Å². The van der Waals surface area contributed by atoms with E-state index >= 15 is 0 Å². The monoisotopic (exact) mass is 814 g/mol. The fraction of sp³-hybridized carbons (Fsp3) is 0. The van der Waals surface area contributed by atoms with Crippen molar-refractivity contribution in [3.8, 4) is 50.2 Å². The Morgan fingerprint density at radius 2 is 0.750 bits per heavy atom. The molecule has 64 heavy (non-hydrogen) atoms. The van der Waals surface area contributed by atoms with Crippen LogP contribution in [0.2, 0.25) is 0 Å². The van der Waals surface area contributed by atoms with Gasteiger partial charge in [0.2, 0.25) is 0 Å². The Morgan fingerprint density at radius 3 is 1.45 bits per heavy atom. The van der Waals surface area contributed by atoms with Gasteiger partial charge in [-0.15, -0.1) is 0 Å². The SMILES string of the molecule is c1ccc(-c2cccc(N(c3ccc(-c4ccc5c(c4)c(-c4ccccc4)c(-c4ccccc4)c4ccccc45)cc3)c3cccc4c3c3ccccc3n4-c3ccccc3)c2)cc1. The van der Waals surface area contributed by atoms with Crippen molar-refractivity contribution in [2.24, 2.45) is 0 Å². The molecule has 300 valence electrons. The Bertz CT molecular complexity index is 3630. The van der Waals surface area contributed by atoms with Crippen LogP contribution in [-0.4, -0.2) is 4.57 Å². The molecule has 0 N–H and O–H groups in total. The maximum atomic E-state index is 2.44. The fourth-order valence-electron chi connectivity index (χ4n) is 9.91. The van der Waals surface area contributed by atoms with Gasteiger partial charge in [-0.3, -0.25) is 0 Å². The highest BCUT2D eigenvalue weighted by Gasteiger charge is 2.22. The van der Waals surface area contributed by atoms with Crippen LogP contribution in [0.4, 0.5) is 17.1 Å². The number of aromatic nitrogens is 1. The van der Waals surface area contributed by atoms with Gasteiger partial charge in [-0.05, 0) is 127 Å². The van der Waals surface area contributed by atoms with Gasteiger partial charge in [0.15, 0.2) is 0 Å². The Morgan fingerprint density at radius 1 is 0.266 bits per heavy atom. The molecular weight excluding hydrogens is 773 g/mol. The Balaban J connectivity index is 1.06. The summed E-state index contributed by atoms with van der Waals surface area (Å²) in [5, 5.41) is 7.43. The smallest absolute Gasteiger partial charge is 0.0562 e. The van der Waals surface area contributed by atoms with Gasteiger partial charge in [0.1, 0.15) is 0 Å². The second-order valence-corrected chi connectivity index (χ2v) is 16.4. The lowest BCUT2D eigenvalue weighted by Crippen LogP contribution is -2.10. The van der Waals surface area contributed by atoms with Crippen molar-refractivity contribution in [2.45, 2.75) is 0 Å². The number of nitrogens with zero attached hydrogens (tertiary/aromatic N) is 2. The van der Waals surface area contributed by atoms with Gasteiger partial charge in [-0.25, -0.2) is 0 Å². The first-order chi connectivity index (χ1) is 31.8. The van der Waals surface area contributed by atoms with Crippen LogP contribution in [0.1, 0.15) is 0 Å². The first-order valence-electron chi connectivity index (χ1n) is 22.0. The van der Waals surface area contributed by atoms with Crippen LogP contribution in [0.15, 0.2) is 255 Å². The third-order valence-electron chi connectivity index (χ3n) is 12.8. The number of benzene rings is 11. The standard InChI is InChI=1S/C62H42N2/c1-5-19-43(20-6-1)47-25-17-28-51(41-47)63(58-33-18-34-59-62(58)55-31-15-16-32-57(55)64(59)49-26-11-4-12-27-49)50-38-35-44(36-39-50)48-37-40-53-52-29-13-14-30-54(52)60(45-21-7-2-8-22-45)61(56(53)42-48)46-23-9-3-10-24-46/h1-42H. The van der Waals surface area contributed by atoms with Crippen LogP contribution in [0.3, 0.4) is 0 Å². The molecule has 11 aromatic carbocycles. The lowest BCUT2D eigenvalue weighted by molar-refractivity contribution is 1.18. The highest BCUT2D eigenvalue weighted by atomic mass is 15.1. The van der Waals surface area contributed by atoms with Crippen LogP contribution in [0.5, 0.6) is 0 Å². The third-order valence-corrected chi connectivity index (χ3v) is 12.8. The van der Waals surface area contributed by atoms with E-state index in [2.05, 4.69) is 264 Å². The minimum absolute atomic E-state index is 1.08. The van der Waals surface area contributed by atoms with Crippen molar-refractivity contribution >= 4 is 60.4 Å². The number of anilines is 3. The van der Waals surface area contributed by atoms with E-state index in [1.807, 2.05) is 0 Å². The Kier molecular flexibility index (Phi) is 9.20. The number of hydrogen-bond acceptors (Lipinski definition) is 1. The summed E-state index contributed by atoms with van der Waals surface area (Å²) < 4.78 is 2.39. The van der Waals surface area contributed by atoms with Crippen molar-refractivity contribution in [1.29, 1.82) is 0 Å². The summed E-state index contributed by atoms with van der Waals surface area (Å²) in [6.45, 7) is 0. The molecule has 0 aliphatic rings. The molecule has 12 aromatic rings. The van der Waals surface area contributed by atoms with Gasteiger partial charge >= 0.3 is 0 Å². The molecule has 12 rings (SSSR count). The molecule has 0 saturated carbocycles. The summed E-state index contributed by atoms with van der Waals surface area (Å²) in [4.78, 5) is 2.44. The molecule has 0 aliphatic heterocycles. The molecule has 0 aliphatic carbocycles. The van der Waals surface area contributed by atoms with Crippen molar-refractivity contribution in [3.63, 3.8) is 0 Å². The van der Waals surface area contributed by atoms with E-state index in [0.29, 0.717) is 0 Å². The minimum Gasteiger partial charge on any atom is -0.310 e. The highest BCUT2D eigenvalue weighted by molar-refractivity contribution is 6.22. The van der Waals surface area contributed by atoms with E-state index in [1.165, 1.54) is 82.3 Å². The quantitative estimate of drug-likeness (QED) is 0.139. The summed E-state index contributed by atoms with van der Waals surface area (Å²) in [6.07, 6.45) is 0. The molecular formula is C62H42N2. The molecule has 0 atom stereocenters. The van der Waals surface area contributed by atoms with Gasteiger partial charge in [0.25, 0.3) is 0 Å². The van der Waals surface area contributed by atoms with Crippen LogP contribution in [0, 0.1) is 0 Å². The zero-order valence-corrected chi connectivity index (χ0v) is 35.1. The molecule has 2 nitrogen and oxygen atoms in total. The Labute approximate surface area is 373 Å². The molecule has 0 saturated heterocycles. The van der Waals surface area contributed by atoms with E-state index in [4.69, 9.17) is 0 Å². The van der Waals surface area contributed by atoms with E-state index in [9.17, 15) is 0 Å². The number of fused-ring (bicyclic) bond motifs is 6. The molecule has 0 bridgehead atoms. The minimum atomic E-state index is 1.08. The van der Waals surface area contributed by atoms with E-state index in [-0.39, 0.29) is 0 Å². The predicted octanol–water partition coefficient (Wildman–Crippen LogP) is 17.2. The van der Waals surface area contributed by atoms with E-state index < -0.39 is 0 Å². The largest absolute Gasteiger partial charge is 0.310 e. The maximum Gasteiger partial charge on any atom is 0.0562 e. The summed E-state index contributed by atoms with van der Waals surface area (Å²) in [7, 11) is 0. The van der Waals surface area contributed by atoms with Crippen molar-refractivity contribution in [1.82, 2.24) is 4.57 Å². The van der Waals surface area contributed by atoms with Crippen molar-refractivity contribution in [3.05, 3.63) is 255 Å². The van der Waals surface area contributed by atoms with E-state index in [1.54, 1.807) is 0 Å². The lowest BCUT2D eigenvalue weighted by atomic mass is 9.84. The van der Waals surface area contributed by atoms with Crippen LogP contribution in [-0.2, 0) is 0 Å². The average molecular weight is 815 g/mol. The van der Waals surface area contributed by atoms with Gasteiger partial charge in [-0.2, -0.15) is 0 Å². The number of hydrogen-bond donors (Lipinski definition) is 0. The average Bonchev–Trinajstić information content (AvgIpc) is 3.72. The summed E-state index contributed by atoms with van der Waals surface area (Å²) in [5.41, 5.74) is 16.4. The number of para-hydroxylation sites is 2. The van der Waals surface area contributed by atoms with Gasteiger partial charge < -0.3 is 9.47 Å². The molecule has 0 fully saturated rings. The van der Waals surface area contributed by atoms with Crippen molar-refractivity contribution in [2.75, 3.05) is 4.90 Å². The fourth-order valence-corrected chi connectivity index (χ4v) is 9.91. The molecule has 0 spiro atoms. The molecule has 1 aromatic heterocycles. The lowest BCUT2D eigenvalue weighted by Gasteiger charge is -2.27. The second-order valence-electron chi connectivity index (χ2n) is 16.4. The highest BCUT2D eigenvalue weighted by Crippen LogP contribution is 2.47. The van der Waals surface area contributed by atoms with Gasteiger partial charge in [0, 0.05) is 27.8 Å². The summed E-state index contributed by atoms with van der Waals surface area (Å²) >= 11 is 0. The zero-order chi connectivity index (χ0) is 42.4.